The first-order valence-corrected chi connectivity index (χ1v) is 17.3. The third kappa shape index (κ3) is 3.02. The lowest BCUT2D eigenvalue weighted by molar-refractivity contribution is 0.802. The summed E-state index contributed by atoms with van der Waals surface area (Å²) in [4.78, 5) is 0. The molecule has 0 atom stereocenters. The Bertz CT molecular complexity index is 2860. The van der Waals surface area contributed by atoms with E-state index in [1.54, 1.807) is 0 Å². The van der Waals surface area contributed by atoms with Gasteiger partial charge in [-0.15, -0.1) is 0 Å². The number of fused-ring (bicyclic) bond motifs is 17. The number of rotatable bonds is 1. The van der Waals surface area contributed by atoms with Crippen molar-refractivity contribution in [3.8, 4) is 55.6 Å². The van der Waals surface area contributed by atoms with Crippen molar-refractivity contribution in [2.75, 3.05) is 0 Å². The third-order valence-corrected chi connectivity index (χ3v) is 11.8. The molecule has 0 amide bonds. The van der Waals surface area contributed by atoms with Crippen LogP contribution < -0.4 is 0 Å². The predicted octanol–water partition coefficient (Wildman–Crippen LogP) is 12.8. The molecule has 0 heterocycles. The van der Waals surface area contributed by atoms with Gasteiger partial charge < -0.3 is 0 Å². The van der Waals surface area contributed by atoms with Gasteiger partial charge in [-0.25, -0.2) is 0 Å². The van der Waals surface area contributed by atoms with Crippen molar-refractivity contribution >= 4 is 32.3 Å². The molecule has 0 aliphatic heterocycles. The molecule has 0 unspecified atom stereocenters. The molecule has 0 saturated carbocycles. The van der Waals surface area contributed by atoms with Crippen LogP contribution in [-0.2, 0) is 5.41 Å². The fraction of sp³-hybridized carbons (Fsp3) is 0.0204. The van der Waals surface area contributed by atoms with Crippen molar-refractivity contribution in [3.63, 3.8) is 0 Å². The summed E-state index contributed by atoms with van der Waals surface area (Å²) in [7, 11) is 0. The molecule has 0 bridgehead atoms. The summed E-state index contributed by atoms with van der Waals surface area (Å²) in [6.45, 7) is 0. The van der Waals surface area contributed by atoms with Crippen LogP contribution in [0.1, 0.15) is 22.3 Å². The monoisotopic (exact) mass is 616 g/mol. The van der Waals surface area contributed by atoms with Crippen molar-refractivity contribution < 1.29 is 0 Å². The van der Waals surface area contributed by atoms with E-state index < -0.39 is 5.41 Å². The van der Waals surface area contributed by atoms with E-state index in [4.69, 9.17) is 0 Å². The molecule has 0 fully saturated rings. The minimum absolute atomic E-state index is 0.392. The Labute approximate surface area is 284 Å². The van der Waals surface area contributed by atoms with E-state index >= 15 is 0 Å². The third-order valence-electron chi connectivity index (χ3n) is 11.8. The van der Waals surface area contributed by atoms with Crippen molar-refractivity contribution in [3.05, 3.63) is 192 Å². The molecule has 0 heteroatoms. The Morgan fingerprint density at radius 1 is 0.306 bits per heavy atom. The van der Waals surface area contributed by atoms with Crippen molar-refractivity contribution in [1.29, 1.82) is 0 Å². The van der Waals surface area contributed by atoms with Crippen LogP contribution in [0.5, 0.6) is 0 Å². The zero-order chi connectivity index (χ0) is 31.8. The lowest BCUT2D eigenvalue weighted by atomic mass is 9.69. The van der Waals surface area contributed by atoms with Crippen LogP contribution in [-0.4, -0.2) is 0 Å². The molecular weight excluding hydrogens is 589 g/mol. The van der Waals surface area contributed by atoms with Crippen molar-refractivity contribution in [2.24, 2.45) is 0 Å². The Balaban J connectivity index is 1.17. The molecule has 224 valence electrons. The summed E-state index contributed by atoms with van der Waals surface area (Å²) < 4.78 is 0. The van der Waals surface area contributed by atoms with Gasteiger partial charge in [-0.1, -0.05) is 164 Å². The van der Waals surface area contributed by atoms with Crippen LogP contribution >= 0.6 is 0 Å². The Morgan fingerprint density at radius 3 is 1.69 bits per heavy atom. The van der Waals surface area contributed by atoms with E-state index in [1.165, 1.54) is 110 Å². The van der Waals surface area contributed by atoms with Gasteiger partial charge in [0.05, 0.1) is 5.41 Å². The molecule has 3 aliphatic rings. The van der Waals surface area contributed by atoms with E-state index in [0.717, 1.165) is 0 Å². The van der Waals surface area contributed by atoms with Gasteiger partial charge in [0, 0.05) is 0 Å². The van der Waals surface area contributed by atoms with Crippen LogP contribution in [0.4, 0.5) is 0 Å². The second-order valence-electron chi connectivity index (χ2n) is 13.9. The van der Waals surface area contributed by atoms with Gasteiger partial charge in [-0.2, -0.15) is 0 Å². The van der Waals surface area contributed by atoms with Crippen LogP contribution in [0.25, 0.3) is 88.0 Å². The Hall–Kier alpha value is -6.24. The molecule has 12 rings (SSSR count). The van der Waals surface area contributed by atoms with Gasteiger partial charge in [0.15, 0.2) is 0 Å². The molecule has 0 saturated heterocycles. The molecule has 9 aromatic rings. The van der Waals surface area contributed by atoms with Gasteiger partial charge in [-0.05, 0) is 116 Å². The van der Waals surface area contributed by atoms with E-state index in [-0.39, 0.29) is 0 Å². The summed E-state index contributed by atoms with van der Waals surface area (Å²) >= 11 is 0. The highest BCUT2D eigenvalue weighted by Gasteiger charge is 2.52. The highest BCUT2D eigenvalue weighted by atomic mass is 14.5. The fourth-order valence-corrected chi connectivity index (χ4v) is 9.97. The Kier molecular flexibility index (Phi) is 4.74. The van der Waals surface area contributed by atoms with Crippen LogP contribution in [0, 0.1) is 0 Å². The summed E-state index contributed by atoms with van der Waals surface area (Å²) in [5.74, 6) is 0. The molecule has 49 heavy (non-hydrogen) atoms. The van der Waals surface area contributed by atoms with Gasteiger partial charge in [0.1, 0.15) is 0 Å². The average Bonchev–Trinajstić information content (AvgIpc) is 3.78. The quantitative estimate of drug-likeness (QED) is 0.172. The molecule has 0 aromatic heterocycles. The lowest BCUT2D eigenvalue weighted by Gasteiger charge is -2.31. The summed E-state index contributed by atoms with van der Waals surface area (Å²) in [5, 5.41) is 7.90. The lowest BCUT2D eigenvalue weighted by Crippen LogP contribution is -2.26. The standard InChI is InChI=1S/C49H28/c1-2-11-33-29(10-1)22-27-45-47(33)42-24-21-31-28-30(32-25-26-41-36-13-4-3-12-35(36)40-17-9-16-39(32)46(40)41)20-23-34(31)48(42)49(45)43-18-7-5-14-37(43)38-15-6-8-19-44(38)49/h1-28H. The zero-order valence-electron chi connectivity index (χ0n) is 26.7. The second-order valence-corrected chi connectivity index (χ2v) is 13.9. The molecular formula is C49H28. The topological polar surface area (TPSA) is 0 Å². The zero-order valence-corrected chi connectivity index (χ0v) is 26.7. The predicted molar refractivity (Wildman–Crippen MR) is 205 cm³/mol. The van der Waals surface area contributed by atoms with Crippen LogP contribution in [0.2, 0.25) is 0 Å². The van der Waals surface area contributed by atoms with Crippen LogP contribution in [0.3, 0.4) is 0 Å². The smallest absolute Gasteiger partial charge is 0.0619 e. The molecule has 9 aromatic carbocycles. The highest BCUT2D eigenvalue weighted by Crippen LogP contribution is 2.65. The van der Waals surface area contributed by atoms with E-state index in [2.05, 4.69) is 170 Å². The first-order valence-electron chi connectivity index (χ1n) is 17.3. The van der Waals surface area contributed by atoms with Gasteiger partial charge >= 0.3 is 0 Å². The Morgan fingerprint density at radius 2 is 0.898 bits per heavy atom. The van der Waals surface area contributed by atoms with Gasteiger partial charge in [0.2, 0.25) is 0 Å². The second kappa shape index (κ2) is 9.01. The molecule has 0 N–H and O–H groups in total. The molecule has 1 spiro atoms. The molecule has 3 aliphatic carbocycles. The van der Waals surface area contributed by atoms with E-state index in [1.807, 2.05) is 0 Å². The van der Waals surface area contributed by atoms with Crippen LogP contribution in [0.15, 0.2) is 170 Å². The first-order chi connectivity index (χ1) is 24.3. The van der Waals surface area contributed by atoms with E-state index in [9.17, 15) is 0 Å². The number of benzene rings is 9. The number of hydrogen-bond donors (Lipinski definition) is 0. The number of hydrogen-bond acceptors (Lipinski definition) is 0. The minimum atomic E-state index is -0.392. The van der Waals surface area contributed by atoms with Gasteiger partial charge in [0.25, 0.3) is 0 Å². The SMILES string of the molecule is c1ccc2c(c1)-c1cccc3c(-c4ccc5c6c(ccc5c4)-c4c(ccc5ccccc45)C64c5ccccc5-c5ccccc54)ccc-2c13. The highest BCUT2D eigenvalue weighted by molar-refractivity contribution is 6.19. The normalized spacial score (nSPS) is 13.9. The maximum atomic E-state index is 2.43. The minimum Gasteiger partial charge on any atom is -0.0619 e. The molecule has 0 nitrogen and oxygen atoms in total. The van der Waals surface area contributed by atoms with Crippen molar-refractivity contribution in [1.82, 2.24) is 0 Å². The summed E-state index contributed by atoms with van der Waals surface area (Å²) in [6, 6.07) is 64.2. The van der Waals surface area contributed by atoms with Crippen molar-refractivity contribution in [2.45, 2.75) is 5.41 Å². The average molecular weight is 617 g/mol. The summed E-state index contributed by atoms with van der Waals surface area (Å²) in [5.41, 5.74) is 18.5. The molecule has 0 radical (unpaired) electrons. The van der Waals surface area contributed by atoms with Gasteiger partial charge in [-0.3, -0.25) is 0 Å². The fourth-order valence-electron chi connectivity index (χ4n) is 9.97. The first kappa shape index (κ1) is 25.8. The largest absolute Gasteiger partial charge is 0.0731 e. The van der Waals surface area contributed by atoms with E-state index in [0.29, 0.717) is 0 Å². The summed E-state index contributed by atoms with van der Waals surface area (Å²) in [6.07, 6.45) is 0. The maximum Gasteiger partial charge on any atom is 0.0731 e. The maximum absolute atomic E-state index is 2.43.